The number of benzene rings is 1. The third-order valence-electron chi connectivity index (χ3n) is 3.29. The molecule has 0 saturated carbocycles. The monoisotopic (exact) mass is 298 g/mol. The zero-order valence-electron chi connectivity index (χ0n) is 9.74. The van der Waals surface area contributed by atoms with Crippen LogP contribution in [-0.2, 0) is 20.6 Å². The van der Waals surface area contributed by atoms with E-state index in [1.807, 2.05) is 18.2 Å². The number of rotatable bonds is 2. The maximum Gasteiger partial charge on any atom is 0.287 e. The zero-order chi connectivity index (χ0) is 11.9. The molecule has 3 aliphatic rings. The average Bonchev–Trinajstić information content (AvgIpc) is 2.35. The van der Waals surface area contributed by atoms with E-state index in [2.05, 4.69) is 28.9 Å². The minimum atomic E-state index is -0.873. The summed E-state index contributed by atoms with van der Waals surface area (Å²) in [5.74, 6) is -0.873. The van der Waals surface area contributed by atoms with Crippen molar-refractivity contribution in [1.82, 2.24) is 0 Å². The van der Waals surface area contributed by atoms with Gasteiger partial charge < -0.3 is 14.2 Å². The van der Waals surface area contributed by atoms with Crippen LogP contribution in [0.2, 0.25) is 0 Å². The second-order valence-electron chi connectivity index (χ2n) is 5.13. The molecule has 0 aliphatic carbocycles. The third-order valence-corrected chi connectivity index (χ3v) is 4.06. The number of fused-ring (bicyclic) bond motifs is 3. The van der Waals surface area contributed by atoms with Crippen molar-refractivity contribution in [3.05, 3.63) is 34.3 Å². The molecule has 0 N–H and O–H groups in total. The summed E-state index contributed by atoms with van der Waals surface area (Å²) in [7, 11) is 0. The van der Waals surface area contributed by atoms with Crippen LogP contribution in [0.1, 0.15) is 12.5 Å². The first-order chi connectivity index (χ1) is 8.11. The fourth-order valence-electron chi connectivity index (χ4n) is 2.13. The predicted molar refractivity (Wildman–Crippen MR) is 66.5 cm³/mol. The van der Waals surface area contributed by atoms with Crippen molar-refractivity contribution in [2.75, 3.05) is 19.8 Å². The van der Waals surface area contributed by atoms with E-state index < -0.39 is 5.97 Å². The van der Waals surface area contributed by atoms with Crippen molar-refractivity contribution in [3.8, 4) is 0 Å². The van der Waals surface area contributed by atoms with E-state index in [0.29, 0.717) is 26.2 Å². The Morgan fingerprint density at radius 1 is 1.12 bits per heavy atom. The number of hydrogen-bond acceptors (Lipinski definition) is 3. The van der Waals surface area contributed by atoms with Gasteiger partial charge in [0, 0.05) is 9.89 Å². The molecule has 1 aromatic rings. The highest BCUT2D eigenvalue weighted by molar-refractivity contribution is 9.10. The van der Waals surface area contributed by atoms with Crippen molar-refractivity contribution in [2.45, 2.75) is 19.3 Å². The van der Waals surface area contributed by atoms with E-state index in [0.717, 1.165) is 10.0 Å². The van der Waals surface area contributed by atoms with Crippen LogP contribution in [0.4, 0.5) is 0 Å². The largest absolute Gasteiger partial charge is 0.326 e. The molecule has 17 heavy (non-hydrogen) atoms. The lowest BCUT2D eigenvalue weighted by atomic mass is 9.91. The van der Waals surface area contributed by atoms with E-state index in [1.165, 1.54) is 0 Å². The molecule has 3 fully saturated rings. The second-order valence-corrected chi connectivity index (χ2v) is 5.98. The van der Waals surface area contributed by atoms with E-state index in [4.69, 9.17) is 14.2 Å². The molecule has 92 valence electrons. The van der Waals surface area contributed by atoms with Crippen LogP contribution >= 0.6 is 15.9 Å². The van der Waals surface area contributed by atoms with Gasteiger partial charge in [-0.1, -0.05) is 41.1 Å². The molecule has 0 aromatic heterocycles. The van der Waals surface area contributed by atoms with Gasteiger partial charge in [-0.05, 0) is 11.6 Å². The smallest absolute Gasteiger partial charge is 0.287 e. The van der Waals surface area contributed by atoms with Crippen molar-refractivity contribution in [1.29, 1.82) is 0 Å². The minimum absolute atomic E-state index is 0.0235. The molecule has 3 heterocycles. The Bertz CT molecular complexity index is 408. The van der Waals surface area contributed by atoms with Crippen LogP contribution in [0.5, 0.6) is 0 Å². The Labute approximate surface area is 109 Å². The van der Waals surface area contributed by atoms with E-state index in [9.17, 15) is 0 Å². The molecule has 0 spiro atoms. The summed E-state index contributed by atoms with van der Waals surface area (Å²) in [5.41, 5.74) is 1.16. The molecule has 3 saturated heterocycles. The molecule has 4 heteroatoms. The highest BCUT2D eigenvalue weighted by atomic mass is 79.9. The molecule has 4 rings (SSSR count). The molecule has 3 aliphatic heterocycles. The summed E-state index contributed by atoms with van der Waals surface area (Å²) in [6.07, 6.45) is 0.616. The van der Waals surface area contributed by atoms with Gasteiger partial charge in [0.1, 0.15) is 0 Å². The molecule has 0 amide bonds. The Kier molecular flexibility index (Phi) is 2.78. The maximum absolute atomic E-state index is 5.76. The first kappa shape index (κ1) is 11.7. The van der Waals surface area contributed by atoms with Crippen molar-refractivity contribution >= 4 is 15.9 Å². The van der Waals surface area contributed by atoms with Crippen LogP contribution in [0.15, 0.2) is 28.7 Å². The molecule has 0 unspecified atom stereocenters. The van der Waals surface area contributed by atoms with Gasteiger partial charge in [-0.15, -0.1) is 0 Å². The van der Waals surface area contributed by atoms with Gasteiger partial charge in [0.15, 0.2) is 0 Å². The SMILES string of the molecule is CC12COC(Cc3ccccc3Br)(OC1)OC2. The Morgan fingerprint density at radius 3 is 2.29 bits per heavy atom. The van der Waals surface area contributed by atoms with E-state index in [-0.39, 0.29) is 5.41 Å². The fourth-order valence-corrected chi connectivity index (χ4v) is 2.56. The molecule has 0 radical (unpaired) electrons. The number of halogens is 1. The minimum Gasteiger partial charge on any atom is -0.326 e. The van der Waals surface area contributed by atoms with Gasteiger partial charge in [-0.3, -0.25) is 0 Å². The van der Waals surface area contributed by atoms with Crippen molar-refractivity contribution in [3.63, 3.8) is 0 Å². The Hall–Kier alpha value is -0.420. The summed E-state index contributed by atoms with van der Waals surface area (Å²) >= 11 is 3.53. The van der Waals surface area contributed by atoms with Crippen LogP contribution in [-0.4, -0.2) is 25.8 Å². The molecule has 2 bridgehead atoms. The van der Waals surface area contributed by atoms with Gasteiger partial charge >= 0.3 is 0 Å². The molecule has 3 nitrogen and oxygen atoms in total. The lowest BCUT2D eigenvalue weighted by molar-refractivity contribution is -0.464. The fraction of sp³-hybridized carbons (Fsp3) is 0.538. The van der Waals surface area contributed by atoms with Gasteiger partial charge in [-0.2, -0.15) is 0 Å². The number of ether oxygens (including phenoxy) is 3. The van der Waals surface area contributed by atoms with Crippen molar-refractivity contribution < 1.29 is 14.2 Å². The number of hydrogen-bond donors (Lipinski definition) is 0. The van der Waals surface area contributed by atoms with Crippen LogP contribution in [0.3, 0.4) is 0 Å². The predicted octanol–water partition coefficient (Wildman–Crippen LogP) is 2.73. The molecular weight excluding hydrogens is 284 g/mol. The summed E-state index contributed by atoms with van der Waals surface area (Å²) in [5, 5.41) is 0. The standard InChI is InChI=1S/C13H15BrO3/c1-12-7-15-13(16-8-12,17-9-12)6-10-4-2-3-5-11(10)14/h2-5H,6-9H2,1H3. The van der Waals surface area contributed by atoms with E-state index in [1.54, 1.807) is 0 Å². The van der Waals surface area contributed by atoms with Crippen LogP contribution in [0, 0.1) is 5.41 Å². The quantitative estimate of drug-likeness (QED) is 0.840. The third kappa shape index (κ3) is 2.15. The van der Waals surface area contributed by atoms with Gasteiger partial charge in [0.2, 0.25) is 0 Å². The van der Waals surface area contributed by atoms with E-state index >= 15 is 0 Å². The molecule has 1 aromatic carbocycles. The molecule has 0 atom stereocenters. The highest BCUT2D eigenvalue weighted by Crippen LogP contribution is 2.40. The Balaban J connectivity index is 1.80. The summed E-state index contributed by atoms with van der Waals surface area (Å²) < 4.78 is 18.3. The summed E-state index contributed by atoms with van der Waals surface area (Å²) in [6.45, 7) is 4.24. The zero-order valence-corrected chi connectivity index (χ0v) is 11.3. The second kappa shape index (κ2) is 4.05. The topological polar surface area (TPSA) is 27.7 Å². The van der Waals surface area contributed by atoms with Gasteiger partial charge in [0.25, 0.3) is 5.97 Å². The lowest BCUT2D eigenvalue weighted by Gasteiger charge is -2.50. The maximum atomic E-state index is 5.76. The summed E-state index contributed by atoms with van der Waals surface area (Å²) in [4.78, 5) is 0. The lowest BCUT2D eigenvalue weighted by Crippen LogP contribution is -2.59. The summed E-state index contributed by atoms with van der Waals surface area (Å²) in [6, 6.07) is 8.07. The highest BCUT2D eigenvalue weighted by Gasteiger charge is 2.50. The normalized spacial score (nSPS) is 36.1. The Morgan fingerprint density at radius 2 is 1.71 bits per heavy atom. The van der Waals surface area contributed by atoms with Crippen LogP contribution < -0.4 is 0 Å². The average molecular weight is 299 g/mol. The van der Waals surface area contributed by atoms with Gasteiger partial charge in [0.05, 0.1) is 26.2 Å². The van der Waals surface area contributed by atoms with Crippen LogP contribution in [0.25, 0.3) is 0 Å². The van der Waals surface area contributed by atoms with Gasteiger partial charge in [-0.25, -0.2) is 0 Å². The first-order valence-electron chi connectivity index (χ1n) is 5.76. The van der Waals surface area contributed by atoms with Crippen molar-refractivity contribution in [2.24, 2.45) is 5.41 Å². The first-order valence-corrected chi connectivity index (χ1v) is 6.56. The molecular formula is C13H15BrO3.